The quantitative estimate of drug-likeness (QED) is 0.609. The lowest BCUT2D eigenvalue weighted by Gasteiger charge is -2.22. The third kappa shape index (κ3) is 6.09. The van der Waals surface area contributed by atoms with Crippen LogP contribution in [0.15, 0.2) is 30.3 Å². The van der Waals surface area contributed by atoms with E-state index in [2.05, 4.69) is 22.0 Å². The van der Waals surface area contributed by atoms with Crippen LogP contribution in [0.2, 0.25) is 0 Å². The van der Waals surface area contributed by atoms with E-state index in [-0.39, 0.29) is 18.9 Å². The normalized spacial score (nSPS) is 15.1. The standard InChI is InChI=1S/C18H22N4O4/c1-18(12-19,13-7-8-13)22-15(23)11-26-16(24)9-10-20-17(25)21-14-5-3-2-4-6-14/h2-6,13H,7-11H2,1H3,(H,22,23)(H2,20,21,25)/t18-/m1/s1. The largest absolute Gasteiger partial charge is 0.456 e. The Balaban J connectivity index is 1.60. The minimum atomic E-state index is -0.916. The minimum Gasteiger partial charge on any atom is -0.456 e. The topological polar surface area (TPSA) is 120 Å². The summed E-state index contributed by atoms with van der Waals surface area (Å²) in [5.41, 5.74) is -0.277. The van der Waals surface area contributed by atoms with Crippen LogP contribution in [0, 0.1) is 17.2 Å². The predicted octanol–water partition coefficient (Wildman–Crippen LogP) is 1.55. The van der Waals surface area contributed by atoms with Gasteiger partial charge in [-0.3, -0.25) is 9.59 Å². The highest BCUT2D eigenvalue weighted by molar-refractivity contribution is 5.89. The van der Waals surface area contributed by atoms with Crippen LogP contribution in [0.5, 0.6) is 0 Å². The Morgan fingerprint density at radius 1 is 1.27 bits per heavy atom. The first-order chi connectivity index (χ1) is 12.4. The van der Waals surface area contributed by atoms with Gasteiger partial charge in [-0.1, -0.05) is 18.2 Å². The smallest absolute Gasteiger partial charge is 0.319 e. The number of carbonyl (C=O) groups excluding carboxylic acids is 3. The van der Waals surface area contributed by atoms with Gasteiger partial charge in [-0.05, 0) is 37.8 Å². The van der Waals surface area contributed by atoms with E-state index in [0.29, 0.717) is 5.69 Å². The molecule has 1 saturated carbocycles. The predicted molar refractivity (Wildman–Crippen MR) is 93.9 cm³/mol. The van der Waals surface area contributed by atoms with E-state index in [1.807, 2.05) is 6.07 Å². The molecule has 1 aliphatic carbocycles. The van der Waals surface area contributed by atoms with Gasteiger partial charge in [0, 0.05) is 12.2 Å². The van der Waals surface area contributed by atoms with Crippen molar-refractivity contribution in [1.29, 1.82) is 5.26 Å². The number of hydrogen-bond donors (Lipinski definition) is 3. The zero-order valence-corrected chi connectivity index (χ0v) is 14.6. The van der Waals surface area contributed by atoms with E-state index in [1.165, 1.54) is 0 Å². The molecule has 26 heavy (non-hydrogen) atoms. The van der Waals surface area contributed by atoms with Crippen LogP contribution in [0.1, 0.15) is 26.2 Å². The maximum atomic E-state index is 11.8. The lowest BCUT2D eigenvalue weighted by molar-refractivity contribution is -0.148. The first kappa shape index (κ1) is 19.2. The molecule has 1 atom stereocenters. The second kappa shape index (κ2) is 8.85. The fraction of sp³-hybridized carbons (Fsp3) is 0.444. The van der Waals surface area contributed by atoms with Crippen LogP contribution in [0.3, 0.4) is 0 Å². The number of benzene rings is 1. The number of para-hydroxylation sites is 1. The van der Waals surface area contributed by atoms with Gasteiger partial charge in [-0.15, -0.1) is 0 Å². The van der Waals surface area contributed by atoms with E-state index in [9.17, 15) is 19.6 Å². The van der Waals surface area contributed by atoms with Crippen molar-refractivity contribution in [3.63, 3.8) is 0 Å². The molecule has 0 unspecified atom stereocenters. The molecule has 0 aromatic heterocycles. The lowest BCUT2D eigenvalue weighted by atomic mass is 9.98. The Bertz CT molecular complexity index is 697. The molecule has 1 fully saturated rings. The highest BCUT2D eigenvalue weighted by Gasteiger charge is 2.43. The van der Waals surface area contributed by atoms with Gasteiger partial charge in [0.2, 0.25) is 0 Å². The lowest BCUT2D eigenvalue weighted by Crippen LogP contribution is -2.48. The number of anilines is 1. The van der Waals surface area contributed by atoms with E-state index in [0.717, 1.165) is 12.8 Å². The van der Waals surface area contributed by atoms with Crippen molar-refractivity contribution in [2.75, 3.05) is 18.5 Å². The van der Waals surface area contributed by atoms with Crippen LogP contribution in [0.25, 0.3) is 0 Å². The van der Waals surface area contributed by atoms with Crippen LogP contribution in [0.4, 0.5) is 10.5 Å². The van der Waals surface area contributed by atoms with Crippen molar-refractivity contribution in [2.24, 2.45) is 5.92 Å². The molecule has 0 spiro atoms. The molecular weight excluding hydrogens is 336 g/mol. The Hall–Kier alpha value is -3.08. The second-order valence-electron chi connectivity index (χ2n) is 6.29. The summed E-state index contributed by atoms with van der Waals surface area (Å²) in [6.45, 7) is 1.30. The molecule has 0 radical (unpaired) electrons. The minimum absolute atomic E-state index is 0.0619. The van der Waals surface area contributed by atoms with Crippen LogP contribution in [-0.2, 0) is 14.3 Å². The number of ether oxygens (including phenoxy) is 1. The maximum Gasteiger partial charge on any atom is 0.319 e. The average Bonchev–Trinajstić information content (AvgIpc) is 3.46. The third-order valence-corrected chi connectivity index (χ3v) is 4.04. The molecule has 8 heteroatoms. The molecule has 0 heterocycles. The Labute approximate surface area is 151 Å². The summed E-state index contributed by atoms with van der Waals surface area (Å²) in [7, 11) is 0. The molecule has 3 amide bonds. The molecule has 8 nitrogen and oxygen atoms in total. The fourth-order valence-electron chi connectivity index (χ4n) is 2.40. The Kier molecular flexibility index (Phi) is 6.55. The molecule has 0 aliphatic heterocycles. The highest BCUT2D eigenvalue weighted by atomic mass is 16.5. The zero-order valence-electron chi connectivity index (χ0n) is 14.6. The van der Waals surface area contributed by atoms with Gasteiger partial charge in [0.25, 0.3) is 5.91 Å². The number of esters is 1. The van der Waals surface area contributed by atoms with E-state index in [4.69, 9.17) is 4.74 Å². The van der Waals surface area contributed by atoms with Crippen molar-refractivity contribution in [3.8, 4) is 6.07 Å². The number of urea groups is 1. The summed E-state index contributed by atoms with van der Waals surface area (Å²) < 4.78 is 4.86. The number of nitrogens with one attached hydrogen (secondary N) is 3. The molecule has 1 aromatic rings. The van der Waals surface area contributed by atoms with Crippen molar-refractivity contribution >= 4 is 23.6 Å². The van der Waals surface area contributed by atoms with Crippen molar-refractivity contribution < 1.29 is 19.1 Å². The monoisotopic (exact) mass is 358 g/mol. The summed E-state index contributed by atoms with van der Waals surface area (Å²) in [5.74, 6) is -0.964. The Morgan fingerprint density at radius 2 is 1.96 bits per heavy atom. The van der Waals surface area contributed by atoms with Gasteiger partial charge in [0.15, 0.2) is 6.61 Å². The van der Waals surface area contributed by atoms with Gasteiger partial charge >= 0.3 is 12.0 Å². The molecule has 0 bridgehead atoms. The van der Waals surface area contributed by atoms with E-state index >= 15 is 0 Å². The average molecular weight is 358 g/mol. The van der Waals surface area contributed by atoms with Gasteiger partial charge in [0.1, 0.15) is 5.54 Å². The molecular formula is C18H22N4O4. The molecule has 1 aliphatic rings. The molecule has 3 N–H and O–H groups in total. The molecule has 1 aromatic carbocycles. The molecule has 0 saturated heterocycles. The third-order valence-electron chi connectivity index (χ3n) is 4.04. The van der Waals surface area contributed by atoms with Crippen molar-refractivity contribution in [2.45, 2.75) is 31.7 Å². The fourth-order valence-corrected chi connectivity index (χ4v) is 2.40. The van der Waals surface area contributed by atoms with Gasteiger partial charge < -0.3 is 20.7 Å². The molecule has 138 valence electrons. The number of nitriles is 1. The summed E-state index contributed by atoms with van der Waals surface area (Å²) >= 11 is 0. The van der Waals surface area contributed by atoms with Crippen molar-refractivity contribution in [3.05, 3.63) is 30.3 Å². The number of nitrogens with zero attached hydrogens (tertiary/aromatic N) is 1. The van der Waals surface area contributed by atoms with E-state index in [1.54, 1.807) is 31.2 Å². The first-order valence-corrected chi connectivity index (χ1v) is 8.41. The Morgan fingerprint density at radius 3 is 2.58 bits per heavy atom. The summed E-state index contributed by atoms with van der Waals surface area (Å²) in [6, 6.07) is 10.6. The van der Waals surface area contributed by atoms with Crippen LogP contribution < -0.4 is 16.0 Å². The van der Waals surface area contributed by atoms with Gasteiger partial charge in [-0.2, -0.15) is 5.26 Å². The van der Waals surface area contributed by atoms with E-state index < -0.39 is 30.1 Å². The number of carbonyl (C=O) groups is 3. The van der Waals surface area contributed by atoms with Crippen LogP contribution in [-0.4, -0.2) is 36.6 Å². The maximum absolute atomic E-state index is 11.8. The SMILES string of the molecule is C[C@](C#N)(NC(=O)COC(=O)CCNC(=O)Nc1ccccc1)C1CC1. The van der Waals surface area contributed by atoms with Crippen molar-refractivity contribution in [1.82, 2.24) is 10.6 Å². The number of hydrogen-bond acceptors (Lipinski definition) is 5. The van der Waals surface area contributed by atoms with Gasteiger partial charge in [-0.25, -0.2) is 4.79 Å². The first-order valence-electron chi connectivity index (χ1n) is 8.41. The van der Waals surface area contributed by atoms with Crippen LogP contribution >= 0.6 is 0 Å². The molecule has 2 rings (SSSR count). The summed E-state index contributed by atoms with van der Waals surface area (Å²) in [4.78, 5) is 35.1. The highest BCUT2D eigenvalue weighted by Crippen LogP contribution is 2.39. The zero-order chi connectivity index (χ0) is 19.0. The summed E-state index contributed by atoms with van der Waals surface area (Å²) in [6.07, 6.45) is 1.75. The second-order valence-corrected chi connectivity index (χ2v) is 6.29. The number of amides is 3. The summed E-state index contributed by atoms with van der Waals surface area (Å²) in [5, 5.41) is 16.9. The number of rotatable bonds is 8. The van der Waals surface area contributed by atoms with Gasteiger partial charge in [0.05, 0.1) is 12.5 Å².